The molecule has 4 rings (SSSR count). The number of carbonyl (C=O) groups is 1. The van der Waals surface area contributed by atoms with Crippen molar-refractivity contribution in [1.82, 2.24) is 14.2 Å². The van der Waals surface area contributed by atoms with Gasteiger partial charge >= 0.3 is 0 Å². The lowest BCUT2D eigenvalue weighted by Crippen LogP contribution is -2.45. The Morgan fingerprint density at radius 3 is 2.53 bits per heavy atom. The standard InChI is InChI=1S/C20H25FN4O3S2/c21-17-4-1-2-5-18(17)30(27,28)25-11-6-16(7-12-25)19(26)23-9-3-10-24(14-13-23)20-22-8-15-29-20/h1-2,4-5,8,15-16H,3,6-7,9-14H2. The molecule has 0 spiro atoms. The molecule has 2 aromatic rings. The highest BCUT2D eigenvalue weighted by atomic mass is 32.2. The maximum atomic E-state index is 14.0. The molecule has 2 saturated heterocycles. The molecule has 0 atom stereocenters. The van der Waals surface area contributed by atoms with Gasteiger partial charge in [0.2, 0.25) is 15.9 Å². The topological polar surface area (TPSA) is 73.8 Å². The molecule has 1 amide bonds. The molecule has 0 radical (unpaired) electrons. The molecule has 0 bridgehead atoms. The van der Waals surface area contributed by atoms with E-state index in [1.165, 1.54) is 22.5 Å². The number of hydrogen-bond donors (Lipinski definition) is 0. The number of rotatable bonds is 4. The summed E-state index contributed by atoms with van der Waals surface area (Å²) in [6.45, 7) is 3.43. The quantitative estimate of drug-likeness (QED) is 0.712. The molecule has 1 aromatic carbocycles. The monoisotopic (exact) mass is 452 g/mol. The van der Waals surface area contributed by atoms with E-state index in [1.807, 2.05) is 10.3 Å². The number of sulfonamides is 1. The molecule has 162 valence electrons. The van der Waals surface area contributed by atoms with Crippen LogP contribution in [0.1, 0.15) is 19.3 Å². The second-order valence-corrected chi connectivity index (χ2v) is 10.4. The third-order valence-electron chi connectivity index (χ3n) is 5.76. The molecule has 2 aliphatic rings. The number of halogens is 1. The van der Waals surface area contributed by atoms with Crippen molar-refractivity contribution in [2.24, 2.45) is 5.92 Å². The SMILES string of the molecule is O=C(C1CCN(S(=O)(=O)c2ccccc2F)CC1)N1CCCN(c2nccs2)CC1. The molecule has 10 heteroatoms. The fourth-order valence-corrected chi connectivity index (χ4v) is 6.33. The largest absolute Gasteiger partial charge is 0.346 e. The Kier molecular flexibility index (Phi) is 6.35. The zero-order valence-electron chi connectivity index (χ0n) is 16.6. The van der Waals surface area contributed by atoms with Crippen molar-refractivity contribution in [2.75, 3.05) is 44.2 Å². The molecule has 2 aliphatic heterocycles. The molecular formula is C20H25FN4O3S2. The first-order valence-corrected chi connectivity index (χ1v) is 12.5. The fraction of sp³-hybridized carbons (Fsp3) is 0.500. The summed E-state index contributed by atoms with van der Waals surface area (Å²) in [6, 6.07) is 5.42. The van der Waals surface area contributed by atoms with Crippen LogP contribution in [0.2, 0.25) is 0 Å². The summed E-state index contributed by atoms with van der Waals surface area (Å²) in [4.78, 5) is 21.2. The molecular weight excluding hydrogens is 427 g/mol. The molecule has 1 aromatic heterocycles. The number of amides is 1. The summed E-state index contributed by atoms with van der Waals surface area (Å²) >= 11 is 1.60. The van der Waals surface area contributed by atoms with Gasteiger partial charge in [-0.15, -0.1) is 11.3 Å². The van der Waals surface area contributed by atoms with Crippen molar-refractivity contribution >= 4 is 32.4 Å². The van der Waals surface area contributed by atoms with Gasteiger partial charge in [-0.2, -0.15) is 4.31 Å². The third kappa shape index (κ3) is 4.35. The van der Waals surface area contributed by atoms with Gasteiger partial charge in [0.15, 0.2) is 5.13 Å². The average molecular weight is 453 g/mol. The van der Waals surface area contributed by atoms with E-state index in [1.54, 1.807) is 17.5 Å². The first-order chi connectivity index (χ1) is 14.5. The normalized spacial score (nSPS) is 19.6. The van der Waals surface area contributed by atoms with Crippen LogP contribution in [0.15, 0.2) is 40.7 Å². The highest BCUT2D eigenvalue weighted by Crippen LogP contribution is 2.27. The van der Waals surface area contributed by atoms with Crippen LogP contribution in [0.25, 0.3) is 0 Å². The van der Waals surface area contributed by atoms with E-state index in [4.69, 9.17) is 0 Å². The van der Waals surface area contributed by atoms with E-state index in [0.717, 1.165) is 30.7 Å². The highest BCUT2D eigenvalue weighted by Gasteiger charge is 2.35. The molecule has 0 N–H and O–H groups in total. The number of aromatic nitrogens is 1. The number of hydrogen-bond acceptors (Lipinski definition) is 6. The molecule has 0 unspecified atom stereocenters. The Morgan fingerprint density at radius 1 is 1.07 bits per heavy atom. The van der Waals surface area contributed by atoms with Gasteiger partial charge < -0.3 is 9.80 Å². The Labute approximate surface area is 180 Å². The zero-order chi connectivity index (χ0) is 21.1. The molecule has 30 heavy (non-hydrogen) atoms. The summed E-state index contributed by atoms with van der Waals surface area (Å²) in [5.41, 5.74) is 0. The minimum absolute atomic E-state index is 0.0962. The van der Waals surface area contributed by atoms with Gasteiger partial charge in [0, 0.05) is 56.8 Å². The average Bonchev–Trinajstić information content (AvgIpc) is 3.18. The van der Waals surface area contributed by atoms with Crippen LogP contribution in [0, 0.1) is 11.7 Å². The number of piperidine rings is 1. The molecule has 0 saturated carbocycles. The molecule has 7 nitrogen and oxygen atoms in total. The lowest BCUT2D eigenvalue weighted by atomic mass is 9.96. The van der Waals surface area contributed by atoms with Crippen molar-refractivity contribution in [3.05, 3.63) is 41.7 Å². The van der Waals surface area contributed by atoms with Crippen LogP contribution in [-0.2, 0) is 14.8 Å². The smallest absolute Gasteiger partial charge is 0.245 e. The van der Waals surface area contributed by atoms with Crippen LogP contribution in [0.4, 0.5) is 9.52 Å². The first-order valence-electron chi connectivity index (χ1n) is 10.1. The minimum atomic E-state index is -3.88. The van der Waals surface area contributed by atoms with Gasteiger partial charge in [-0.05, 0) is 31.4 Å². The van der Waals surface area contributed by atoms with Crippen molar-refractivity contribution in [3.63, 3.8) is 0 Å². The van der Waals surface area contributed by atoms with Crippen LogP contribution in [-0.4, -0.2) is 67.8 Å². The second-order valence-electron chi connectivity index (χ2n) is 7.59. The van der Waals surface area contributed by atoms with Gasteiger partial charge in [0.1, 0.15) is 10.7 Å². The maximum Gasteiger partial charge on any atom is 0.245 e. The number of anilines is 1. The van der Waals surface area contributed by atoms with Crippen molar-refractivity contribution in [1.29, 1.82) is 0 Å². The van der Waals surface area contributed by atoms with Gasteiger partial charge in [-0.1, -0.05) is 12.1 Å². The van der Waals surface area contributed by atoms with Crippen LogP contribution in [0.5, 0.6) is 0 Å². The highest BCUT2D eigenvalue weighted by molar-refractivity contribution is 7.89. The predicted molar refractivity (Wildman–Crippen MR) is 113 cm³/mol. The minimum Gasteiger partial charge on any atom is -0.346 e. The van der Waals surface area contributed by atoms with Gasteiger partial charge in [0.05, 0.1) is 0 Å². The van der Waals surface area contributed by atoms with E-state index in [0.29, 0.717) is 25.9 Å². The van der Waals surface area contributed by atoms with E-state index in [-0.39, 0.29) is 29.8 Å². The zero-order valence-corrected chi connectivity index (χ0v) is 18.2. The maximum absolute atomic E-state index is 14.0. The van der Waals surface area contributed by atoms with Crippen LogP contribution < -0.4 is 4.90 Å². The summed E-state index contributed by atoms with van der Waals surface area (Å²) in [5.74, 6) is -0.840. The van der Waals surface area contributed by atoms with Gasteiger partial charge in [-0.25, -0.2) is 17.8 Å². The van der Waals surface area contributed by atoms with Crippen molar-refractivity contribution < 1.29 is 17.6 Å². The summed E-state index contributed by atoms with van der Waals surface area (Å²) in [5, 5.41) is 2.93. The third-order valence-corrected chi connectivity index (χ3v) is 8.52. The Morgan fingerprint density at radius 2 is 1.83 bits per heavy atom. The van der Waals surface area contributed by atoms with Crippen LogP contribution in [0.3, 0.4) is 0 Å². The Balaban J connectivity index is 1.35. The predicted octanol–water partition coefficient (Wildman–Crippen LogP) is 2.42. The fourth-order valence-electron chi connectivity index (χ4n) is 4.10. The van der Waals surface area contributed by atoms with E-state index >= 15 is 0 Å². The summed E-state index contributed by atoms with van der Waals surface area (Å²) in [6.07, 6.45) is 3.58. The second kappa shape index (κ2) is 8.99. The number of benzene rings is 1. The Hall–Kier alpha value is -2.04. The van der Waals surface area contributed by atoms with E-state index < -0.39 is 15.8 Å². The lowest BCUT2D eigenvalue weighted by molar-refractivity contribution is -0.136. The first kappa shape index (κ1) is 21.2. The van der Waals surface area contributed by atoms with Gasteiger partial charge in [-0.3, -0.25) is 4.79 Å². The molecule has 0 aliphatic carbocycles. The molecule has 2 fully saturated rings. The summed E-state index contributed by atoms with van der Waals surface area (Å²) in [7, 11) is -3.88. The van der Waals surface area contributed by atoms with E-state index in [9.17, 15) is 17.6 Å². The Bertz CT molecular complexity index is 976. The van der Waals surface area contributed by atoms with Gasteiger partial charge in [0.25, 0.3) is 0 Å². The number of nitrogens with zero attached hydrogens (tertiary/aromatic N) is 4. The number of thiazole rings is 1. The van der Waals surface area contributed by atoms with Crippen molar-refractivity contribution in [2.45, 2.75) is 24.2 Å². The van der Waals surface area contributed by atoms with Crippen molar-refractivity contribution in [3.8, 4) is 0 Å². The van der Waals surface area contributed by atoms with Crippen LogP contribution >= 0.6 is 11.3 Å². The number of carbonyl (C=O) groups excluding carboxylic acids is 1. The summed E-state index contributed by atoms with van der Waals surface area (Å²) < 4.78 is 40.8. The molecule has 3 heterocycles. The lowest BCUT2D eigenvalue weighted by Gasteiger charge is -2.33. The van der Waals surface area contributed by atoms with E-state index in [2.05, 4.69) is 9.88 Å².